The highest BCUT2D eigenvalue weighted by Crippen LogP contribution is 2.32. The molecule has 0 bridgehead atoms. The topological polar surface area (TPSA) is 74.7 Å². The van der Waals surface area contributed by atoms with Crippen molar-refractivity contribution in [1.29, 1.82) is 0 Å². The fraction of sp³-hybridized carbons (Fsp3) is 0.278. The molecule has 8 heteroatoms. The van der Waals surface area contributed by atoms with Gasteiger partial charge in [-0.1, -0.05) is 49.2 Å². The van der Waals surface area contributed by atoms with Crippen molar-refractivity contribution in [3.05, 3.63) is 58.1 Å². The standard InChI is InChI=1S/C18H19Cl2NO4S/c1-11(2)13-4-7-15(8-5-13)21(12(3)18(22)23)26(24,25)17-10-14(19)6-9-16(17)20/h4-12H,1-3H3,(H,22,23). The van der Waals surface area contributed by atoms with Gasteiger partial charge < -0.3 is 5.11 Å². The second-order valence-corrected chi connectivity index (χ2v) is 8.76. The number of nitrogens with zero attached hydrogens (tertiary/aromatic N) is 1. The summed E-state index contributed by atoms with van der Waals surface area (Å²) in [7, 11) is -4.25. The number of anilines is 1. The highest BCUT2D eigenvalue weighted by Gasteiger charge is 2.34. The molecular weight excluding hydrogens is 397 g/mol. The molecule has 0 spiro atoms. The van der Waals surface area contributed by atoms with Crippen LogP contribution in [0.4, 0.5) is 5.69 Å². The molecule has 2 aromatic carbocycles. The normalized spacial score (nSPS) is 12.8. The van der Waals surface area contributed by atoms with E-state index in [9.17, 15) is 18.3 Å². The van der Waals surface area contributed by atoms with Crippen LogP contribution < -0.4 is 4.31 Å². The van der Waals surface area contributed by atoms with Crippen LogP contribution >= 0.6 is 23.2 Å². The molecule has 2 aromatic rings. The molecule has 26 heavy (non-hydrogen) atoms. The van der Waals surface area contributed by atoms with Crippen molar-refractivity contribution in [2.75, 3.05) is 4.31 Å². The summed E-state index contributed by atoms with van der Waals surface area (Å²) in [6.45, 7) is 5.32. The van der Waals surface area contributed by atoms with E-state index in [-0.39, 0.29) is 26.5 Å². The quantitative estimate of drug-likeness (QED) is 0.735. The van der Waals surface area contributed by atoms with Gasteiger partial charge in [-0.2, -0.15) is 0 Å². The first-order chi connectivity index (χ1) is 12.1. The molecule has 0 aliphatic heterocycles. The van der Waals surface area contributed by atoms with Crippen LogP contribution in [0.3, 0.4) is 0 Å². The highest BCUT2D eigenvalue weighted by atomic mass is 35.5. The van der Waals surface area contributed by atoms with E-state index in [0.717, 1.165) is 9.87 Å². The highest BCUT2D eigenvalue weighted by molar-refractivity contribution is 7.93. The molecule has 0 saturated heterocycles. The molecule has 5 nitrogen and oxygen atoms in total. The van der Waals surface area contributed by atoms with Gasteiger partial charge in [0.25, 0.3) is 10.0 Å². The molecule has 0 heterocycles. The number of sulfonamides is 1. The number of carbonyl (C=O) groups is 1. The number of carboxylic acids is 1. The minimum atomic E-state index is -4.25. The van der Waals surface area contributed by atoms with Crippen LogP contribution in [-0.4, -0.2) is 25.5 Å². The molecule has 0 radical (unpaired) electrons. The summed E-state index contributed by atoms with van der Waals surface area (Å²) in [5.74, 6) is -1.02. The van der Waals surface area contributed by atoms with Gasteiger partial charge >= 0.3 is 5.97 Å². The number of aliphatic carboxylic acids is 1. The maximum absolute atomic E-state index is 13.2. The second-order valence-electron chi connectivity index (χ2n) is 6.14. The predicted molar refractivity (Wildman–Crippen MR) is 104 cm³/mol. The third kappa shape index (κ3) is 4.14. The Hall–Kier alpha value is -1.76. The van der Waals surface area contributed by atoms with Crippen molar-refractivity contribution in [1.82, 2.24) is 0 Å². The average molecular weight is 416 g/mol. The minimum Gasteiger partial charge on any atom is -0.480 e. The lowest BCUT2D eigenvalue weighted by Crippen LogP contribution is -2.43. The van der Waals surface area contributed by atoms with Crippen LogP contribution in [-0.2, 0) is 14.8 Å². The summed E-state index contributed by atoms with van der Waals surface area (Å²) < 4.78 is 27.2. The Kier molecular flexibility index (Phi) is 6.21. The van der Waals surface area contributed by atoms with Gasteiger partial charge in [0.1, 0.15) is 10.9 Å². The van der Waals surface area contributed by atoms with Crippen LogP contribution in [0.5, 0.6) is 0 Å². The molecule has 1 N–H and O–H groups in total. The van der Waals surface area contributed by atoms with E-state index in [1.165, 1.54) is 25.1 Å². The third-order valence-corrected chi connectivity index (χ3v) is 6.57. The predicted octanol–water partition coefficient (Wildman–Crippen LogP) is 4.79. The maximum Gasteiger partial charge on any atom is 0.327 e. The van der Waals surface area contributed by atoms with E-state index >= 15 is 0 Å². The summed E-state index contributed by atoms with van der Waals surface area (Å²) in [6.07, 6.45) is 0. The van der Waals surface area contributed by atoms with Crippen molar-refractivity contribution < 1.29 is 18.3 Å². The van der Waals surface area contributed by atoms with Gasteiger partial charge in [-0.3, -0.25) is 4.31 Å². The summed E-state index contributed by atoms with van der Waals surface area (Å²) >= 11 is 12.0. The SMILES string of the molecule is CC(C)c1ccc(N(C(C)C(=O)O)S(=O)(=O)c2cc(Cl)ccc2Cl)cc1. The Morgan fingerprint density at radius 3 is 2.12 bits per heavy atom. The first-order valence-electron chi connectivity index (χ1n) is 7.88. The number of halogens is 2. The van der Waals surface area contributed by atoms with Gasteiger partial charge in [0.15, 0.2) is 0 Å². The van der Waals surface area contributed by atoms with E-state index < -0.39 is 22.0 Å². The molecule has 140 valence electrons. The Bertz CT molecular complexity index is 911. The fourth-order valence-electron chi connectivity index (χ4n) is 2.46. The van der Waals surface area contributed by atoms with Crippen LogP contribution in [0.25, 0.3) is 0 Å². The largest absolute Gasteiger partial charge is 0.480 e. The molecule has 0 amide bonds. The molecule has 0 aliphatic rings. The molecule has 0 saturated carbocycles. The first-order valence-corrected chi connectivity index (χ1v) is 10.1. The Morgan fingerprint density at radius 1 is 1.04 bits per heavy atom. The molecule has 0 fully saturated rings. The van der Waals surface area contributed by atoms with Crippen molar-refractivity contribution in [2.24, 2.45) is 0 Å². The number of carboxylic acid groups (broad SMARTS) is 1. The minimum absolute atomic E-state index is 0.0317. The zero-order chi connectivity index (χ0) is 19.6. The fourth-order valence-corrected chi connectivity index (χ4v) is 4.81. The molecule has 2 rings (SSSR count). The van der Waals surface area contributed by atoms with Gasteiger partial charge in [0.2, 0.25) is 0 Å². The summed E-state index contributed by atoms with van der Waals surface area (Å²) in [4.78, 5) is 11.3. The smallest absolute Gasteiger partial charge is 0.327 e. The number of rotatable bonds is 6. The Labute approximate surface area is 163 Å². The second kappa shape index (κ2) is 7.86. The van der Waals surface area contributed by atoms with Crippen molar-refractivity contribution in [3.63, 3.8) is 0 Å². The number of benzene rings is 2. The summed E-state index contributed by atoms with van der Waals surface area (Å²) in [5, 5.41) is 9.58. The monoisotopic (exact) mass is 415 g/mol. The first kappa shape index (κ1) is 20.6. The zero-order valence-electron chi connectivity index (χ0n) is 14.5. The lowest BCUT2D eigenvalue weighted by atomic mass is 10.0. The Morgan fingerprint density at radius 2 is 1.62 bits per heavy atom. The van der Waals surface area contributed by atoms with E-state index in [1.807, 2.05) is 13.8 Å². The Balaban J connectivity index is 2.64. The van der Waals surface area contributed by atoms with Crippen LogP contribution in [0.2, 0.25) is 10.0 Å². The lowest BCUT2D eigenvalue weighted by Gasteiger charge is -2.28. The van der Waals surface area contributed by atoms with E-state index in [4.69, 9.17) is 23.2 Å². The number of hydrogen-bond acceptors (Lipinski definition) is 3. The van der Waals surface area contributed by atoms with Gasteiger partial charge in [0.05, 0.1) is 10.7 Å². The maximum atomic E-state index is 13.2. The van der Waals surface area contributed by atoms with E-state index in [2.05, 4.69) is 0 Å². The van der Waals surface area contributed by atoms with Crippen molar-refractivity contribution in [3.8, 4) is 0 Å². The van der Waals surface area contributed by atoms with Gasteiger partial charge in [0, 0.05) is 5.02 Å². The molecule has 1 unspecified atom stereocenters. The molecule has 1 atom stereocenters. The molecule has 0 aliphatic carbocycles. The lowest BCUT2D eigenvalue weighted by molar-refractivity contribution is -0.137. The zero-order valence-corrected chi connectivity index (χ0v) is 16.8. The molecule has 0 aromatic heterocycles. The van der Waals surface area contributed by atoms with E-state index in [1.54, 1.807) is 24.3 Å². The van der Waals surface area contributed by atoms with Gasteiger partial charge in [-0.25, -0.2) is 13.2 Å². The summed E-state index contributed by atoms with van der Waals surface area (Å²) in [5.41, 5.74) is 1.25. The van der Waals surface area contributed by atoms with Crippen LogP contribution in [0.15, 0.2) is 47.4 Å². The van der Waals surface area contributed by atoms with E-state index in [0.29, 0.717) is 0 Å². The average Bonchev–Trinajstić information content (AvgIpc) is 2.57. The van der Waals surface area contributed by atoms with Crippen LogP contribution in [0.1, 0.15) is 32.3 Å². The van der Waals surface area contributed by atoms with Crippen LogP contribution in [0, 0.1) is 0 Å². The third-order valence-electron chi connectivity index (χ3n) is 3.95. The number of hydrogen-bond donors (Lipinski definition) is 1. The summed E-state index contributed by atoms with van der Waals surface area (Å²) in [6, 6.07) is 9.43. The van der Waals surface area contributed by atoms with Crippen molar-refractivity contribution >= 4 is 44.9 Å². The van der Waals surface area contributed by atoms with Crippen molar-refractivity contribution in [2.45, 2.75) is 37.6 Å². The molecular formula is C18H19Cl2NO4S. The van der Waals surface area contributed by atoms with Gasteiger partial charge in [-0.05, 0) is 48.7 Å². The van der Waals surface area contributed by atoms with Gasteiger partial charge in [-0.15, -0.1) is 0 Å².